The molecule has 1 aromatic carbocycles. The maximum Gasteiger partial charge on any atom is 0.120 e. The van der Waals surface area contributed by atoms with Crippen molar-refractivity contribution in [3.63, 3.8) is 0 Å². The minimum absolute atomic E-state index is 0. The van der Waals surface area contributed by atoms with E-state index in [2.05, 4.69) is 30.0 Å². The van der Waals surface area contributed by atoms with E-state index in [1.807, 2.05) is 0 Å². The molecule has 1 spiro atoms. The number of halogens is 1. The van der Waals surface area contributed by atoms with Crippen LogP contribution in [0.1, 0.15) is 75.8 Å². The van der Waals surface area contributed by atoms with E-state index in [9.17, 15) is 0 Å². The minimum atomic E-state index is 0. The van der Waals surface area contributed by atoms with Gasteiger partial charge in [0, 0.05) is 5.54 Å². The van der Waals surface area contributed by atoms with E-state index < -0.39 is 0 Å². The first-order valence-electron chi connectivity index (χ1n) is 10.3. The van der Waals surface area contributed by atoms with Gasteiger partial charge in [-0.2, -0.15) is 0 Å². The van der Waals surface area contributed by atoms with Gasteiger partial charge < -0.3 is 4.74 Å². The molecule has 0 amide bonds. The van der Waals surface area contributed by atoms with Crippen LogP contribution in [0.4, 0.5) is 0 Å². The van der Waals surface area contributed by atoms with Gasteiger partial charge in [-0.05, 0) is 101 Å². The van der Waals surface area contributed by atoms with Crippen molar-refractivity contribution in [1.29, 1.82) is 0 Å². The first-order chi connectivity index (χ1) is 11.8. The molecule has 140 valence electrons. The summed E-state index contributed by atoms with van der Waals surface area (Å²) in [6, 6.07) is 6.97. The van der Waals surface area contributed by atoms with Crippen molar-refractivity contribution in [3.05, 3.63) is 29.3 Å². The smallest absolute Gasteiger partial charge is 0.120 e. The second kappa shape index (κ2) is 8.31. The van der Waals surface area contributed by atoms with Gasteiger partial charge in [0.15, 0.2) is 0 Å². The van der Waals surface area contributed by atoms with Gasteiger partial charge in [-0.1, -0.05) is 19.4 Å². The Hall–Kier alpha value is -0.730. The second-order valence-corrected chi connectivity index (χ2v) is 8.30. The molecule has 2 nitrogen and oxygen atoms in total. The SMILES string of the molecule is CCCN1CCCCC12CCc1cc(OC3CCCC3)ccc1C2.Cl. The zero-order valence-corrected chi connectivity index (χ0v) is 16.6. The molecular formula is C22H34ClNO. The lowest BCUT2D eigenvalue weighted by Crippen LogP contribution is -2.55. The number of fused-ring (bicyclic) bond motifs is 1. The number of benzene rings is 1. The van der Waals surface area contributed by atoms with Crippen molar-refractivity contribution in [2.45, 2.75) is 89.2 Å². The van der Waals surface area contributed by atoms with Crippen molar-refractivity contribution < 1.29 is 4.74 Å². The number of aryl methyl sites for hydroxylation is 1. The lowest BCUT2D eigenvalue weighted by atomic mass is 9.72. The molecule has 1 saturated heterocycles. The highest BCUT2D eigenvalue weighted by atomic mass is 35.5. The first-order valence-corrected chi connectivity index (χ1v) is 10.3. The number of piperidine rings is 1. The number of ether oxygens (including phenoxy) is 1. The van der Waals surface area contributed by atoms with Crippen LogP contribution in [0.3, 0.4) is 0 Å². The van der Waals surface area contributed by atoms with Crippen LogP contribution in [-0.4, -0.2) is 29.6 Å². The maximum atomic E-state index is 6.23. The summed E-state index contributed by atoms with van der Waals surface area (Å²) in [5.74, 6) is 1.12. The molecule has 1 unspecified atom stereocenters. The highest BCUT2D eigenvalue weighted by Crippen LogP contribution is 2.41. The third-order valence-corrected chi connectivity index (χ3v) is 6.65. The Morgan fingerprint density at radius 1 is 1.08 bits per heavy atom. The summed E-state index contributed by atoms with van der Waals surface area (Å²) >= 11 is 0. The van der Waals surface area contributed by atoms with E-state index >= 15 is 0 Å². The maximum absolute atomic E-state index is 6.23. The average molecular weight is 364 g/mol. The quantitative estimate of drug-likeness (QED) is 0.695. The molecule has 1 saturated carbocycles. The van der Waals surface area contributed by atoms with E-state index in [1.54, 1.807) is 11.1 Å². The van der Waals surface area contributed by atoms with Gasteiger partial charge in [0.05, 0.1) is 6.10 Å². The fourth-order valence-corrected chi connectivity index (χ4v) is 5.34. The molecule has 1 aliphatic heterocycles. The molecule has 1 aromatic rings. The first kappa shape index (κ1) is 19.0. The minimum Gasteiger partial charge on any atom is -0.490 e. The summed E-state index contributed by atoms with van der Waals surface area (Å²) in [6.45, 7) is 4.91. The largest absolute Gasteiger partial charge is 0.490 e. The summed E-state index contributed by atoms with van der Waals surface area (Å²) in [5.41, 5.74) is 3.59. The zero-order chi connectivity index (χ0) is 16.4. The molecular weight excluding hydrogens is 330 g/mol. The summed E-state index contributed by atoms with van der Waals surface area (Å²) in [6.07, 6.45) is 14.9. The van der Waals surface area contributed by atoms with Crippen molar-refractivity contribution in [2.75, 3.05) is 13.1 Å². The summed E-state index contributed by atoms with van der Waals surface area (Å²) in [7, 11) is 0. The number of likely N-dealkylation sites (tertiary alicyclic amines) is 1. The van der Waals surface area contributed by atoms with Crippen molar-refractivity contribution >= 4 is 12.4 Å². The Labute approximate surface area is 159 Å². The molecule has 4 rings (SSSR count). The lowest BCUT2D eigenvalue weighted by molar-refractivity contribution is 0.0340. The summed E-state index contributed by atoms with van der Waals surface area (Å²) < 4.78 is 6.23. The molecule has 25 heavy (non-hydrogen) atoms. The van der Waals surface area contributed by atoms with E-state index in [4.69, 9.17) is 4.74 Å². The number of rotatable bonds is 4. The van der Waals surface area contributed by atoms with Crippen LogP contribution < -0.4 is 4.74 Å². The van der Waals surface area contributed by atoms with Gasteiger partial charge in [0.25, 0.3) is 0 Å². The number of hydrogen-bond acceptors (Lipinski definition) is 2. The monoisotopic (exact) mass is 363 g/mol. The van der Waals surface area contributed by atoms with Crippen LogP contribution in [0, 0.1) is 0 Å². The van der Waals surface area contributed by atoms with E-state index in [1.165, 1.54) is 83.7 Å². The average Bonchev–Trinajstić information content (AvgIpc) is 3.11. The van der Waals surface area contributed by atoms with Gasteiger partial charge >= 0.3 is 0 Å². The highest BCUT2D eigenvalue weighted by molar-refractivity contribution is 5.85. The van der Waals surface area contributed by atoms with E-state index in [0.29, 0.717) is 11.6 Å². The lowest BCUT2D eigenvalue weighted by Gasteiger charge is -2.50. The third-order valence-electron chi connectivity index (χ3n) is 6.65. The predicted octanol–water partition coefficient (Wildman–Crippen LogP) is 5.55. The van der Waals surface area contributed by atoms with Crippen LogP contribution in [-0.2, 0) is 12.8 Å². The van der Waals surface area contributed by atoms with Crippen LogP contribution in [0.25, 0.3) is 0 Å². The fraction of sp³-hybridized carbons (Fsp3) is 0.727. The van der Waals surface area contributed by atoms with Crippen LogP contribution in [0.2, 0.25) is 0 Å². The van der Waals surface area contributed by atoms with E-state index in [-0.39, 0.29) is 12.4 Å². The molecule has 0 aromatic heterocycles. The van der Waals surface area contributed by atoms with Crippen LogP contribution >= 0.6 is 12.4 Å². The van der Waals surface area contributed by atoms with Gasteiger partial charge in [0.1, 0.15) is 5.75 Å². The Kier molecular flexibility index (Phi) is 6.33. The van der Waals surface area contributed by atoms with Gasteiger partial charge in [-0.15, -0.1) is 12.4 Å². The van der Waals surface area contributed by atoms with Gasteiger partial charge in [-0.25, -0.2) is 0 Å². The topological polar surface area (TPSA) is 12.5 Å². The fourth-order valence-electron chi connectivity index (χ4n) is 5.34. The Balaban J connectivity index is 0.00000182. The highest BCUT2D eigenvalue weighted by Gasteiger charge is 2.40. The molecule has 1 atom stereocenters. The third kappa shape index (κ3) is 4.01. The number of nitrogens with zero attached hydrogens (tertiary/aromatic N) is 1. The van der Waals surface area contributed by atoms with E-state index in [0.717, 1.165) is 5.75 Å². The molecule has 3 heteroatoms. The Bertz CT molecular complexity index is 567. The second-order valence-electron chi connectivity index (χ2n) is 8.30. The molecule has 2 fully saturated rings. The summed E-state index contributed by atoms with van der Waals surface area (Å²) in [4.78, 5) is 2.82. The normalized spacial score (nSPS) is 27.1. The molecule has 0 bridgehead atoms. The predicted molar refractivity (Wildman–Crippen MR) is 107 cm³/mol. The Morgan fingerprint density at radius 2 is 1.92 bits per heavy atom. The number of hydrogen-bond donors (Lipinski definition) is 0. The molecule has 2 aliphatic carbocycles. The molecule has 0 N–H and O–H groups in total. The van der Waals surface area contributed by atoms with Crippen LogP contribution in [0.15, 0.2) is 18.2 Å². The van der Waals surface area contributed by atoms with Crippen LogP contribution in [0.5, 0.6) is 5.75 Å². The molecule has 3 aliphatic rings. The summed E-state index contributed by atoms with van der Waals surface area (Å²) in [5, 5.41) is 0. The van der Waals surface area contributed by atoms with Gasteiger partial charge in [-0.3, -0.25) is 4.90 Å². The van der Waals surface area contributed by atoms with Crippen molar-refractivity contribution in [1.82, 2.24) is 4.90 Å². The Morgan fingerprint density at radius 3 is 2.72 bits per heavy atom. The molecule has 1 heterocycles. The van der Waals surface area contributed by atoms with Crippen molar-refractivity contribution in [3.8, 4) is 5.75 Å². The zero-order valence-electron chi connectivity index (χ0n) is 15.8. The van der Waals surface area contributed by atoms with Crippen molar-refractivity contribution in [2.24, 2.45) is 0 Å². The van der Waals surface area contributed by atoms with Gasteiger partial charge in [0.2, 0.25) is 0 Å². The standard InChI is InChI=1S/C22H33NO.ClH/c1-2-14-23-15-6-5-12-22(23)13-11-18-16-21(10-9-19(18)17-22)24-20-7-3-4-8-20;/h9-10,16,20H,2-8,11-15,17H2,1H3;1H. The molecule has 0 radical (unpaired) electrons.